The average Bonchev–Trinajstić information content (AvgIpc) is 2.62. The summed E-state index contributed by atoms with van der Waals surface area (Å²) in [5.74, 6) is 0.124. The number of benzene rings is 2. The van der Waals surface area contributed by atoms with Gasteiger partial charge in [-0.15, -0.1) is 0 Å². The fourth-order valence-corrected chi connectivity index (χ4v) is 2.79. The number of aryl methyl sites for hydroxylation is 2. The van der Waals surface area contributed by atoms with Crippen LogP contribution in [-0.4, -0.2) is 13.0 Å². The van der Waals surface area contributed by atoms with Crippen molar-refractivity contribution in [1.82, 2.24) is 0 Å². The van der Waals surface area contributed by atoms with Gasteiger partial charge in [-0.3, -0.25) is 4.79 Å². The van der Waals surface area contributed by atoms with Crippen molar-refractivity contribution in [3.63, 3.8) is 0 Å². The molecule has 0 aliphatic heterocycles. The highest BCUT2D eigenvalue weighted by Gasteiger charge is 2.15. The number of para-hydroxylation sites is 1. The Morgan fingerprint density at radius 3 is 2.72 bits per heavy atom. The van der Waals surface area contributed by atoms with Crippen molar-refractivity contribution in [2.75, 3.05) is 12.4 Å². The van der Waals surface area contributed by atoms with E-state index in [0.29, 0.717) is 16.5 Å². The molecule has 5 heteroatoms. The Morgan fingerprint density at radius 2 is 2.00 bits per heavy atom. The molecule has 25 heavy (non-hydrogen) atoms. The van der Waals surface area contributed by atoms with E-state index in [4.69, 9.17) is 9.15 Å². The number of hydrogen-bond acceptors (Lipinski definition) is 4. The molecule has 1 aromatic heterocycles. The van der Waals surface area contributed by atoms with Gasteiger partial charge < -0.3 is 14.5 Å². The van der Waals surface area contributed by atoms with Crippen LogP contribution in [0.4, 0.5) is 5.69 Å². The number of fused-ring (bicyclic) bond motifs is 1. The van der Waals surface area contributed by atoms with E-state index in [1.165, 1.54) is 0 Å². The van der Waals surface area contributed by atoms with E-state index in [0.717, 1.165) is 23.2 Å². The van der Waals surface area contributed by atoms with E-state index in [1.807, 2.05) is 32.0 Å². The SMILES string of the molecule is CCc1cccc(C)c1NC(=O)c1cc2cc(OC)ccc2c(=O)o1. The molecule has 2 aromatic carbocycles. The zero-order valence-electron chi connectivity index (χ0n) is 14.4. The first-order valence-corrected chi connectivity index (χ1v) is 8.05. The topological polar surface area (TPSA) is 68.5 Å². The van der Waals surface area contributed by atoms with E-state index >= 15 is 0 Å². The number of rotatable bonds is 4. The van der Waals surface area contributed by atoms with Crippen molar-refractivity contribution in [3.8, 4) is 5.75 Å². The normalized spacial score (nSPS) is 10.7. The quantitative estimate of drug-likeness (QED) is 0.783. The first-order valence-electron chi connectivity index (χ1n) is 8.05. The molecule has 0 fully saturated rings. The van der Waals surface area contributed by atoms with Gasteiger partial charge in [0, 0.05) is 5.69 Å². The third-order valence-corrected chi connectivity index (χ3v) is 4.17. The maximum absolute atomic E-state index is 12.6. The van der Waals surface area contributed by atoms with Crippen molar-refractivity contribution in [2.45, 2.75) is 20.3 Å². The van der Waals surface area contributed by atoms with Gasteiger partial charge in [0.25, 0.3) is 5.91 Å². The van der Waals surface area contributed by atoms with Gasteiger partial charge in [0.1, 0.15) is 5.75 Å². The van der Waals surface area contributed by atoms with E-state index in [9.17, 15) is 9.59 Å². The number of anilines is 1. The van der Waals surface area contributed by atoms with E-state index in [1.54, 1.807) is 31.4 Å². The van der Waals surface area contributed by atoms with Crippen LogP contribution >= 0.6 is 0 Å². The summed E-state index contributed by atoms with van der Waals surface area (Å²) < 4.78 is 10.4. The second-order valence-electron chi connectivity index (χ2n) is 5.77. The van der Waals surface area contributed by atoms with Crippen LogP contribution in [0.2, 0.25) is 0 Å². The van der Waals surface area contributed by atoms with E-state index < -0.39 is 11.5 Å². The molecule has 0 saturated heterocycles. The summed E-state index contributed by atoms with van der Waals surface area (Å²) >= 11 is 0. The molecule has 128 valence electrons. The second kappa shape index (κ2) is 6.81. The lowest BCUT2D eigenvalue weighted by molar-refractivity contribution is 0.0993. The van der Waals surface area contributed by atoms with Crippen LogP contribution in [0.25, 0.3) is 10.8 Å². The Kier molecular flexibility index (Phi) is 4.57. The number of methoxy groups -OCH3 is 1. The third-order valence-electron chi connectivity index (χ3n) is 4.17. The fraction of sp³-hybridized carbons (Fsp3) is 0.200. The Labute approximate surface area is 145 Å². The van der Waals surface area contributed by atoms with Crippen LogP contribution in [0.15, 0.2) is 51.7 Å². The van der Waals surface area contributed by atoms with Crippen molar-refractivity contribution in [2.24, 2.45) is 0 Å². The Morgan fingerprint density at radius 1 is 1.20 bits per heavy atom. The van der Waals surface area contributed by atoms with Gasteiger partial charge in [-0.05, 0) is 54.1 Å². The molecular weight excluding hydrogens is 318 g/mol. The van der Waals surface area contributed by atoms with Crippen molar-refractivity contribution in [3.05, 3.63) is 69.8 Å². The van der Waals surface area contributed by atoms with Crippen molar-refractivity contribution in [1.29, 1.82) is 0 Å². The molecule has 0 atom stereocenters. The van der Waals surface area contributed by atoms with Gasteiger partial charge in [-0.1, -0.05) is 25.1 Å². The highest BCUT2D eigenvalue weighted by molar-refractivity contribution is 6.04. The van der Waals surface area contributed by atoms with Crippen molar-refractivity contribution < 1.29 is 13.9 Å². The molecule has 1 heterocycles. The highest BCUT2D eigenvalue weighted by Crippen LogP contribution is 2.23. The summed E-state index contributed by atoms with van der Waals surface area (Å²) in [6.07, 6.45) is 0.788. The molecule has 1 amide bonds. The van der Waals surface area contributed by atoms with Gasteiger partial charge >= 0.3 is 5.63 Å². The molecule has 0 aliphatic rings. The number of hydrogen-bond donors (Lipinski definition) is 1. The fourth-order valence-electron chi connectivity index (χ4n) is 2.79. The lowest BCUT2D eigenvalue weighted by atomic mass is 10.1. The van der Waals surface area contributed by atoms with Crippen LogP contribution in [-0.2, 0) is 6.42 Å². The maximum Gasteiger partial charge on any atom is 0.344 e. The lowest BCUT2D eigenvalue weighted by Crippen LogP contribution is -2.16. The number of ether oxygens (including phenoxy) is 1. The first kappa shape index (κ1) is 16.8. The van der Waals surface area contributed by atoms with Crippen molar-refractivity contribution >= 4 is 22.4 Å². The molecule has 0 aliphatic carbocycles. The number of carbonyl (C=O) groups is 1. The molecule has 0 radical (unpaired) electrons. The summed E-state index contributed by atoms with van der Waals surface area (Å²) in [6, 6.07) is 12.4. The van der Waals surface area contributed by atoms with E-state index in [2.05, 4.69) is 5.32 Å². The maximum atomic E-state index is 12.6. The summed E-state index contributed by atoms with van der Waals surface area (Å²) in [6.45, 7) is 3.95. The molecule has 5 nitrogen and oxygen atoms in total. The Hall–Kier alpha value is -3.08. The minimum atomic E-state index is -0.550. The number of amides is 1. The summed E-state index contributed by atoms with van der Waals surface area (Å²) in [7, 11) is 1.55. The standard InChI is InChI=1S/C20H19NO4/c1-4-13-7-5-6-12(2)18(13)21-19(22)17-11-14-10-15(24-3)8-9-16(14)20(23)25-17/h5-11H,4H2,1-3H3,(H,21,22). The smallest absolute Gasteiger partial charge is 0.344 e. The zero-order chi connectivity index (χ0) is 18.0. The molecule has 3 aromatic rings. The van der Waals surface area contributed by atoms with Crippen LogP contribution in [0, 0.1) is 6.92 Å². The average molecular weight is 337 g/mol. The number of carbonyl (C=O) groups excluding carboxylic acids is 1. The molecule has 3 rings (SSSR count). The summed E-state index contributed by atoms with van der Waals surface area (Å²) in [5.41, 5.74) is 2.19. The molecule has 0 unspecified atom stereocenters. The first-order chi connectivity index (χ1) is 12.0. The summed E-state index contributed by atoms with van der Waals surface area (Å²) in [5, 5.41) is 3.87. The van der Waals surface area contributed by atoms with Gasteiger partial charge in [0.15, 0.2) is 5.76 Å². The summed E-state index contributed by atoms with van der Waals surface area (Å²) in [4.78, 5) is 24.8. The minimum Gasteiger partial charge on any atom is -0.497 e. The third kappa shape index (κ3) is 3.26. The zero-order valence-corrected chi connectivity index (χ0v) is 14.4. The second-order valence-corrected chi connectivity index (χ2v) is 5.77. The Balaban J connectivity index is 2.02. The van der Waals surface area contributed by atoms with Crippen LogP contribution in [0.3, 0.4) is 0 Å². The number of nitrogens with one attached hydrogen (secondary N) is 1. The van der Waals surface area contributed by atoms with Crippen LogP contribution < -0.4 is 15.7 Å². The van der Waals surface area contributed by atoms with Gasteiger partial charge in [0.05, 0.1) is 12.5 Å². The van der Waals surface area contributed by atoms with Gasteiger partial charge in [0.2, 0.25) is 0 Å². The molecule has 0 saturated carbocycles. The largest absolute Gasteiger partial charge is 0.497 e. The van der Waals surface area contributed by atoms with Crippen LogP contribution in [0.5, 0.6) is 5.75 Å². The predicted molar refractivity (Wildman–Crippen MR) is 97.5 cm³/mol. The lowest BCUT2D eigenvalue weighted by Gasteiger charge is -2.12. The monoisotopic (exact) mass is 337 g/mol. The molecule has 1 N–H and O–H groups in total. The molecular formula is C20H19NO4. The van der Waals surface area contributed by atoms with E-state index in [-0.39, 0.29) is 5.76 Å². The molecule has 0 spiro atoms. The minimum absolute atomic E-state index is 0.0314. The molecule has 0 bridgehead atoms. The van der Waals surface area contributed by atoms with Gasteiger partial charge in [-0.2, -0.15) is 0 Å². The van der Waals surface area contributed by atoms with Gasteiger partial charge in [-0.25, -0.2) is 4.79 Å². The van der Waals surface area contributed by atoms with Crippen LogP contribution in [0.1, 0.15) is 28.6 Å². The Bertz CT molecular complexity index is 1000. The highest BCUT2D eigenvalue weighted by atomic mass is 16.5. The predicted octanol–water partition coefficient (Wildman–Crippen LogP) is 3.92.